The molecule has 2 aromatic rings. The van der Waals surface area contributed by atoms with Gasteiger partial charge in [0.15, 0.2) is 5.70 Å². The molecule has 22 heavy (non-hydrogen) atoms. The first-order valence-electron chi connectivity index (χ1n) is 6.45. The van der Waals surface area contributed by atoms with Crippen LogP contribution in [0.15, 0.2) is 53.3 Å². The van der Waals surface area contributed by atoms with Gasteiger partial charge in [0, 0.05) is 11.8 Å². The first kappa shape index (κ1) is 13.9. The van der Waals surface area contributed by atoms with E-state index >= 15 is 0 Å². The van der Waals surface area contributed by atoms with Gasteiger partial charge in [-0.25, -0.2) is 14.2 Å². The summed E-state index contributed by atoms with van der Waals surface area (Å²) in [6.45, 7) is 0. The van der Waals surface area contributed by atoms with Gasteiger partial charge >= 0.3 is 5.97 Å². The fourth-order valence-electron chi connectivity index (χ4n) is 1.97. The molecule has 0 unspecified atom stereocenters. The van der Waals surface area contributed by atoms with Crippen LogP contribution in [0.4, 0.5) is 4.39 Å². The van der Waals surface area contributed by atoms with Crippen molar-refractivity contribution in [3.63, 3.8) is 0 Å². The van der Waals surface area contributed by atoms with Gasteiger partial charge in [-0.2, -0.15) is 0 Å². The second-order valence-corrected chi connectivity index (χ2v) is 4.44. The molecule has 110 valence electrons. The van der Waals surface area contributed by atoms with Gasteiger partial charge in [-0.1, -0.05) is 6.07 Å². The van der Waals surface area contributed by atoms with Gasteiger partial charge in [-0.3, -0.25) is 4.98 Å². The number of aromatic nitrogens is 1. The van der Waals surface area contributed by atoms with E-state index in [1.807, 2.05) is 0 Å². The molecule has 0 radical (unpaired) electrons. The smallest absolute Gasteiger partial charge is 0.363 e. The topological polar surface area (TPSA) is 60.8 Å². The summed E-state index contributed by atoms with van der Waals surface area (Å²) in [4.78, 5) is 20.0. The lowest BCUT2D eigenvalue weighted by Gasteiger charge is -2.04. The Morgan fingerprint density at radius 1 is 1.27 bits per heavy atom. The van der Waals surface area contributed by atoms with E-state index in [9.17, 15) is 9.18 Å². The molecule has 2 heterocycles. The summed E-state index contributed by atoms with van der Waals surface area (Å²) in [6.07, 6.45) is 2.99. The van der Waals surface area contributed by atoms with Crippen molar-refractivity contribution in [2.75, 3.05) is 7.11 Å². The molecule has 0 aliphatic carbocycles. The summed E-state index contributed by atoms with van der Waals surface area (Å²) >= 11 is 0. The number of aliphatic imine (C=N–C) groups is 1. The maximum atomic E-state index is 13.3. The number of cyclic esters (lactones) is 1. The molecule has 5 nitrogen and oxygen atoms in total. The van der Waals surface area contributed by atoms with Crippen molar-refractivity contribution in [2.45, 2.75) is 0 Å². The van der Waals surface area contributed by atoms with Crippen LogP contribution in [0.25, 0.3) is 6.08 Å². The quantitative estimate of drug-likeness (QED) is 0.645. The van der Waals surface area contributed by atoms with E-state index in [2.05, 4.69) is 9.98 Å². The fraction of sp³-hybridized carbons (Fsp3) is 0.0625. The number of carbonyl (C=O) groups excluding carboxylic acids is 1. The monoisotopic (exact) mass is 298 g/mol. The third kappa shape index (κ3) is 2.71. The Hall–Kier alpha value is -3.02. The van der Waals surface area contributed by atoms with Crippen LogP contribution in [0, 0.1) is 5.82 Å². The highest BCUT2D eigenvalue weighted by Gasteiger charge is 2.25. The number of nitrogens with zero attached hydrogens (tertiary/aromatic N) is 2. The highest BCUT2D eigenvalue weighted by Crippen LogP contribution is 2.25. The van der Waals surface area contributed by atoms with Gasteiger partial charge in [0.25, 0.3) is 0 Å². The van der Waals surface area contributed by atoms with Gasteiger partial charge in [0.05, 0.1) is 7.11 Å². The first-order chi connectivity index (χ1) is 10.7. The van der Waals surface area contributed by atoms with Crippen LogP contribution < -0.4 is 4.74 Å². The first-order valence-corrected chi connectivity index (χ1v) is 6.45. The Morgan fingerprint density at radius 2 is 2.14 bits per heavy atom. The minimum absolute atomic E-state index is 0.0598. The zero-order valence-corrected chi connectivity index (χ0v) is 11.6. The number of benzene rings is 1. The summed E-state index contributed by atoms with van der Waals surface area (Å²) in [5, 5.41) is 0. The Labute approximate surface area is 125 Å². The molecule has 1 aromatic heterocycles. The van der Waals surface area contributed by atoms with Crippen LogP contribution in [0.5, 0.6) is 5.75 Å². The lowest BCUT2D eigenvalue weighted by molar-refractivity contribution is -0.129. The number of methoxy groups -OCH3 is 1. The van der Waals surface area contributed by atoms with Crippen molar-refractivity contribution >= 4 is 17.9 Å². The van der Waals surface area contributed by atoms with Gasteiger partial charge in [-0.05, 0) is 36.4 Å². The van der Waals surface area contributed by atoms with E-state index in [1.54, 1.807) is 24.4 Å². The third-order valence-electron chi connectivity index (χ3n) is 2.99. The zero-order valence-electron chi connectivity index (χ0n) is 11.6. The predicted molar refractivity (Wildman–Crippen MR) is 77.8 cm³/mol. The van der Waals surface area contributed by atoms with Crippen LogP contribution >= 0.6 is 0 Å². The number of hydrogen-bond donors (Lipinski definition) is 0. The van der Waals surface area contributed by atoms with Crippen LogP contribution in [-0.2, 0) is 9.53 Å². The van der Waals surface area contributed by atoms with Crippen molar-refractivity contribution in [2.24, 2.45) is 4.99 Å². The second-order valence-electron chi connectivity index (χ2n) is 4.44. The van der Waals surface area contributed by atoms with Gasteiger partial charge < -0.3 is 9.47 Å². The molecule has 0 atom stereocenters. The van der Waals surface area contributed by atoms with E-state index in [0.29, 0.717) is 17.0 Å². The SMILES string of the molecule is COc1ccc(F)cc1/C=C1/N=C(c2ccccn2)OC1=O. The predicted octanol–water partition coefficient (Wildman–Crippen LogP) is 2.57. The van der Waals surface area contributed by atoms with Crippen molar-refractivity contribution in [1.29, 1.82) is 0 Å². The molecular weight excluding hydrogens is 287 g/mol. The fourth-order valence-corrected chi connectivity index (χ4v) is 1.97. The van der Waals surface area contributed by atoms with Crippen LogP contribution in [-0.4, -0.2) is 24.0 Å². The Morgan fingerprint density at radius 3 is 2.86 bits per heavy atom. The summed E-state index contributed by atoms with van der Waals surface area (Å²) < 4.78 is 23.6. The van der Waals surface area contributed by atoms with E-state index < -0.39 is 11.8 Å². The largest absolute Gasteiger partial charge is 0.496 e. The minimum Gasteiger partial charge on any atom is -0.496 e. The molecule has 0 saturated heterocycles. The van der Waals surface area contributed by atoms with Gasteiger partial charge in [0.2, 0.25) is 5.90 Å². The van der Waals surface area contributed by atoms with Crippen molar-refractivity contribution in [3.8, 4) is 5.75 Å². The van der Waals surface area contributed by atoms with E-state index in [-0.39, 0.29) is 11.6 Å². The molecule has 0 spiro atoms. The van der Waals surface area contributed by atoms with Crippen LogP contribution in [0.2, 0.25) is 0 Å². The Bertz CT molecular complexity index is 785. The summed E-state index contributed by atoms with van der Waals surface area (Å²) in [5.74, 6) is -0.504. The molecule has 6 heteroatoms. The average Bonchev–Trinajstić information content (AvgIpc) is 2.90. The number of esters is 1. The number of hydrogen-bond acceptors (Lipinski definition) is 5. The highest BCUT2D eigenvalue weighted by molar-refractivity contribution is 6.12. The summed E-state index contributed by atoms with van der Waals surface area (Å²) in [5.41, 5.74) is 0.912. The average molecular weight is 298 g/mol. The maximum absolute atomic E-state index is 13.3. The van der Waals surface area contributed by atoms with E-state index in [4.69, 9.17) is 9.47 Å². The molecule has 0 fully saturated rings. The lowest BCUT2D eigenvalue weighted by atomic mass is 10.1. The van der Waals surface area contributed by atoms with E-state index in [0.717, 1.165) is 0 Å². The molecular formula is C16H11FN2O3. The number of pyridine rings is 1. The van der Waals surface area contributed by atoms with Crippen LogP contribution in [0.1, 0.15) is 11.3 Å². The lowest BCUT2D eigenvalue weighted by Crippen LogP contribution is -2.06. The summed E-state index contributed by atoms with van der Waals surface area (Å²) in [7, 11) is 1.46. The number of rotatable bonds is 3. The van der Waals surface area contributed by atoms with Crippen molar-refractivity contribution in [1.82, 2.24) is 4.98 Å². The molecule has 0 N–H and O–H groups in total. The second kappa shape index (κ2) is 5.77. The maximum Gasteiger partial charge on any atom is 0.363 e. The standard InChI is InChI=1S/C16H11FN2O3/c1-21-14-6-5-11(17)8-10(14)9-13-16(20)22-15(19-13)12-4-2-3-7-18-12/h2-9H,1H3/b13-9+. The van der Waals surface area contributed by atoms with Gasteiger partial charge in [-0.15, -0.1) is 0 Å². The van der Waals surface area contributed by atoms with Gasteiger partial charge in [0.1, 0.15) is 17.3 Å². The molecule has 0 amide bonds. The highest BCUT2D eigenvalue weighted by atomic mass is 19.1. The molecule has 3 rings (SSSR count). The molecule has 0 saturated carbocycles. The van der Waals surface area contributed by atoms with Crippen molar-refractivity contribution < 1.29 is 18.7 Å². The molecule has 1 aliphatic heterocycles. The number of halogens is 1. The zero-order chi connectivity index (χ0) is 15.5. The number of carbonyl (C=O) groups is 1. The molecule has 1 aromatic carbocycles. The Balaban J connectivity index is 2.00. The number of ether oxygens (including phenoxy) is 2. The normalized spacial score (nSPS) is 15.6. The van der Waals surface area contributed by atoms with Crippen molar-refractivity contribution in [3.05, 3.63) is 65.4 Å². The third-order valence-corrected chi connectivity index (χ3v) is 2.99. The van der Waals surface area contributed by atoms with E-state index in [1.165, 1.54) is 31.4 Å². The molecule has 1 aliphatic rings. The Kier molecular flexibility index (Phi) is 3.65. The molecule has 0 bridgehead atoms. The summed E-state index contributed by atoms with van der Waals surface area (Å²) in [6, 6.07) is 9.19. The van der Waals surface area contributed by atoms with Crippen LogP contribution in [0.3, 0.4) is 0 Å². The minimum atomic E-state index is -0.619.